The Morgan fingerprint density at radius 1 is 1.25 bits per heavy atom. The fourth-order valence-corrected chi connectivity index (χ4v) is 2.78. The van der Waals surface area contributed by atoms with E-state index in [1.54, 1.807) is 11.3 Å². The highest BCUT2D eigenvalue weighted by Crippen LogP contribution is 2.32. The first-order valence-electron chi connectivity index (χ1n) is 6.66. The van der Waals surface area contributed by atoms with E-state index < -0.39 is 0 Å². The molecule has 20 heavy (non-hydrogen) atoms. The SMILES string of the molecule is Cc1sc(NC(C=O)C(C)(C)C)nc1-c1ccccc1. The number of hydrogen-bond donors (Lipinski definition) is 1. The molecule has 0 saturated heterocycles. The third kappa shape index (κ3) is 3.25. The predicted molar refractivity (Wildman–Crippen MR) is 85.2 cm³/mol. The highest BCUT2D eigenvalue weighted by atomic mass is 32.1. The van der Waals surface area contributed by atoms with Crippen molar-refractivity contribution in [2.45, 2.75) is 33.7 Å². The number of benzene rings is 1. The van der Waals surface area contributed by atoms with Crippen molar-refractivity contribution < 1.29 is 4.79 Å². The minimum absolute atomic E-state index is 0.131. The van der Waals surface area contributed by atoms with Crippen LogP contribution in [-0.2, 0) is 4.79 Å². The van der Waals surface area contributed by atoms with Crippen molar-refractivity contribution in [3.05, 3.63) is 35.2 Å². The molecule has 1 unspecified atom stereocenters. The number of nitrogens with one attached hydrogen (secondary N) is 1. The van der Waals surface area contributed by atoms with E-state index in [-0.39, 0.29) is 11.5 Å². The molecule has 0 amide bonds. The molecule has 2 aromatic rings. The fourth-order valence-electron chi connectivity index (χ4n) is 1.91. The number of anilines is 1. The lowest BCUT2D eigenvalue weighted by Crippen LogP contribution is -2.35. The Morgan fingerprint density at radius 2 is 1.90 bits per heavy atom. The van der Waals surface area contributed by atoms with Crippen LogP contribution >= 0.6 is 11.3 Å². The summed E-state index contributed by atoms with van der Waals surface area (Å²) >= 11 is 1.59. The lowest BCUT2D eigenvalue weighted by atomic mass is 9.88. The van der Waals surface area contributed by atoms with Gasteiger partial charge in [0, 0.05) is 10.4 Å². The molecule has 1 N–H and O–H groups in total. The molecule has 1 atom stereocenters. The Morgan fingerprint density at radius 3 is 2.45 bits per heavy atom. The maximum absolute atomic E-state index is 11.2. The van der Waals surface area contributed by atoms with E-state index in [9.17, 15) is 4.79 Å². The molecule has 0 aliphatic carbocycles. The minimum atomic E-state index is -0.239. The maximum Gasteiger partial charge on any atom is 0.184 e. The van der Waals surface area contributed by atoms with E-state index in [2.05, 4.69) is 17.2 Å². The number of rotatable bonds is 4. The van der Waals surface area contributed by atoms with Crippen LogP contribution in [-0.4, -0.2) is 17.3 Å². The molecule has 0 aliphatic heterocycles. The van der Waals surface area contributed by atoms with Crippen LogP contribution < -0.4 is 5.32 Å². The number of aromatic nitrogens is 1. The molecule has 0 fully saturated rings. The number of aryl methyl sites for hydroxylation is 1. The zero-order valence-electron chi connectivity index (χ0n) is 12.3. The third-order valence-electron chi connectivity index (χ3n) is 3.19. The van der Waals surface area contributed by atoms with Crippen LogP contribution in [0.1, 0.15) is 25.6 Å². The highest BCUT2D eigenvalue weighted by Gasteiger charge is 2.25. The second-order valence-electron chi connectivity index (χ2n) is 5.91. The summed E-state index contributed by atoms with van der Waals surface area (Å²) in [6.07, 6.45) is 0.957. The van der Waals surface area contributed by atoms with Gasteiger partial charge in [0.05, 0.1) is 11.7 Å². The van der Waals surface area contributed by atoms with Gasteiger partial charge in [0.25, 0.3) is 0 Å². The molecule has 0 bridgehead atoms. The highest BCUT2D eigenvalue weighted by molar-refractivity contribution is 7.16. The normalized spacial score (nSPS) is 13.0. The Labute approximate surface area is 124 Å². The van der Waals surface area contributed by atoms with Crippen molar-refractivity contribution in [1.82, 2.24) is 4.98 Å². The van der Waals surface area contributed by atoms with Gasteiger partial charge >= 0.3 is 0 Å². The molecule has 0 aliphatic rings. The van der Waals surface area contributed by atoms with E-state index >= 15 is 0 Å². The van der Waals surface area contributed by atoms with Gasteiger partial charge < -0.3 is 10.1 Å². The van der Waals surface area contributed by atoms with Crippen LogP contribution in [0.4, 0.5) is 5.13 Å². The molecule has 1 aromatic carbocycles. The molecule has 3 nitrogen and oxygen atoms in total. The van der Waals surface area contributed by atoms with Crippen LogP contribution in [0.25, 0.3) is 11.3 Å². The number of thiazole rings is 1. The van der Waals surface area contributed by atoms with E-state index in [0.29, 0.717) is 0 Å². The molecule has 1 heterocycles. The van der Waals surface area contributed by atoms with Gasteiger partial charge in [0.1, 0.15) is 6.29 Å². The van der Waals surface area contributed by atoms with Crippen LogP contribution in [0.5, 0.6) is 0 Å². The first-order valence-corrected chi connectivity index (χ1v) is 7.48. The summed E-state index contributed by atoms with van der Waals surface area (Å²) in [6.45, 7) is 8.17. The molecular weight excluding hydrogens is 268 g/mol. The number of hydrogen-bond acceptors (Lipinski definition) is 4. The third-order valence-corrected chi connectivity index (χ3v) is 4.09. The maximum atomic E-state index is 11.2. The lowest BCUT2D eigenvalue weighted by Gasteiger charge is -2.26. The molecular formula is C16H20N2OS. The summed E-state index contributed by atoms with van der Waals surface area (Å²) in [5.41, 5.74) is 1.96. The largest absolute Gasteiger partial charge is 0.351 e. The Hall–Kier alpha value is -1.68. The summed E-state index contributed by atoms with van der Waals surface area (Å²) in [4.78, 5) is 17.0. The van der Waals surface area contributed by atoms with Gasteiger partial charge in [-0.2, -0.15) is 0 Å². The predicted octanol–water partition coefficient (Wildman–Crippen LogP) is 4.14. The van der Waals surface area contributed by atoms with Crippen LogP contribution in [0.15, 0.2) is 30.3 Å². The average molecular weight is 288 g/mol. The molecule has 0 saturated carbocycles. The molecule has 4 heteroatoms. The molecule has 106 valence electrons. The monoisotopic (exact) mass is 288 g/mol. The summed E-state index contributed by atoms with van der Waals surface area (Å²) in [7, 11) is 0. The number of nitrogens with zero attached hydrogens (tertiary/aromatic N) is 1. The molecule has 0 spiro atoms. The summed E-state index contributed by atoms with van der Waals surface area (Å²) in [5, 5.41) is 4.04. The average Bonchev–Trinajstić information content (AvgIpc) is 2.76. The first kappa shape index (κ1) is 14.7. The topological polar surface area (TPSA) is 42.0 Å². The van der Waals surface area contributed by atoms with Crippen molar-refractivity contribution in [2.24, 2.45) is 5.41 Å². The summed E-state index contributed by atoms with van der Waals surface area (Å²) < 4.78 is 0. The zero-order valence-corrected chi connectivity index (χ0v) is 13.1. The zero-order chi connectivity index (χ0) is 14.8. The first-order chi connectivity index (χ1) is 9.41. The van der Waals surface area contributed by atoms with Crippen LogP contribution in [0.2, 0.25) is 0 Å². The smallest absolute Gasteiger partial charge is 0.184 e. The summed E-state index contributed by atoms with van der Waals surface area (Å²) in [6, 6.07) is 9.86. The summed E-state index contributed by atoms with van der Waals surface area (Å²) in [5.74, 6) is 0. The van der Waals surface area contributed by atoms with E-state index in [1.165, 1.54) is 0 Å². The van der Waals surface area contributed by atoms with Crippen molar-refractivity contribution in [2.75, 3.05) is 5.32 Å². The lowest BCUT2D eigenvalue weighted by molar-refractivity contribution is -0.110. The molecule has 2 rings (SSSR count). The van der Waals surface area contributed by atoms with E-state index in [0.717, 1.165) is 27.6 Å². The number of aldehydes is 1. The van der Waals surface area contributed by atoms with Crippen molar-refractivity contribution in [3.63, 3.8) is 0 Å². The van der Waals surface area contributed by atoms with Crippen molar-refractivity contribution >= 4 is 22.8 Å². The Balaban J connectivity index is 2.26. The molecule has 1 aromatic heterocycles. The van der Waals surface area contributed by atoms with E-state index in [4.69, 9.17) is 0 Å². The fraction of sp³-hybridized carbons (Fsp3) is 0.375. The quantitative estimate of drug-likeness (QED) is 0.860. The minimum Gasteiger partial charge on any atom is -0.351 e. The second kappa shape index (κ2) is 5.75. The number of carbonyl (C=O) groups excluding carboxylic acids is 1. The van der Waals surface area contributed by atoms with Gasteiger partial charge in [-0.05, 0) is 12.3 Å². The van der Waals surface area contributed by atoms with Gasteiger partial charge in [-0.1, -0.05) is 51.1 Å². The number of carbonyl (C=O) groups is 1. The van der Waals surface area contributed by atoms with Gasteiger partial charge in [-0.15, -0.1) is 11.3 Å². The van der Waals surface area contributed by atoms with Gasteiger partial charge in [-0.3, -0.25) is 0 Å². The molecule has 0 radical (unpaired) electrons. The van der Waals surface area contributed by atoms with Gasteiger partial charge in [-0.25, -0.2) is 4.98 Å². The Kier molecular flexibility index (Phi) is 4.23. The van der Waals surface area contributed by atoms with Crippen molar-refractivity contribution in [1.29, 1.82) is 0 Å². The van der Waals surface area contributed by atoms with Gasteiger partial charge in [0.15, 0.2) is 5.13 Å². The van der Waals surface area contributed by atoms with Crippen LogP contribution in [0.3, 0.4) is 0 Å². The van der Waals surface area contributed by atoms with Gasteiger partial charge in [0.2, 0.25) is 0 Å². The Bertz CT molecular complexity index is 584. The standard InChI is InChI=1S/C16H20N2OS/c1-11-14(12-8-6-5-7-9-12)18-15(20-11)17-13(10-19)16(2,3)4/h5-10,13H,1-4H3,(H,17,18). The van der Waals surface area contributed by atoms with Crippen LogP contribution in [0, 0.1) is 12.3 Å². The second-order valence-corrected chi connectivity index (χ2v) is 7.12. The van der Waals surface area contributed by atoms with Crippen molar-refractivity contribution in [3.8, 4) is 11.3 Å². The van der Waals surface area contributed by atoms with E-state index in [1.807, 2.05) is 51.1 Å².